The van der Waals surface area contributed by atoms with Crippen molar-refractivity contribution in [1.82, 2.24) is 9.97 Å². The average molecular weight is 458 g/mol. The van der Waals surface area contributed by atoms with E-state index in [4.69, 9.17) is 32.7 Å². The average Bonchev–Trinajstić information content (AvgIpc) is 2.69. The van der Waals surface area contributed by atoms with Crippen molar-refractivity contribution in [1.29, 1.82) is 0 Å². The van der Waals surface area contributed by atoms with Crippen LogP contribution in [0.5, 0.6) is 0 Å². The monoisotopic (exact) mass is 457 g/mol. The summed E-state index contributed by atoms with van der Waals surface area (Å²) >= 11 is 12.1. The number of carbonyl (C=O) groups excluding carboxylic acids is 1. The fraction of sp³-hybridized carbons (Fsp3) is 0.250. The Morgan fingerprint density at radius 1 is 1.27 bits per heavy atom. The molecule has 0 aliphatic carbocycles. The van der Waals surface area contributed by atoms with Crippen LogP contribution < -0.4 is 4.90 Å². The van der Waals surface area contributed by atoms with Gasteiger partial charge in [-0.15, -0.1) is 0 Å². The third-order valence-electron chi connectivity index (χ3n) is 3.89. The summed E-state index contributed by atoms with van der Waals surface area (Å²) in [5.74, 6) is -1.49. The number of nitrogens with zero attached hydrogens (tertiary/aromatic N) is 3. The lowest BCUT2D eigenvalue weighted by Crippen LogP contribution is -2.24. The topological polar surface area (TPSA) is 64.6 Å². The van der Waals surface area contributed by atoms with Gasteiger partial charge in [0.25, 0.3) is 0 Å². The van der Waals surface area contributed by atoms with Crippen LogP contribution in [0.1, 0.15) is 18.2 Å². The lowest BCUT2D eigenvalue weighted by Gasteiger charge is -2.23. The van der Waals surface area contributed by atoms with Gasteiger partial charge in [0.1, 0.15) is 29.0 Å². The third-order valence-corrected chi connectivity index (χ3v) is 4.29. The molecule has 0 saturated carbocycles. The van der Waals surface area contributed by atoms with Crippen LogP contribution in [0.15, 0.2) is 47.1 Å². The highest BCUT2D eigenvalue weighted by Gasteiger charge is 2.17. The molecule has 0 atom stereocenters. The molecule has 0 bridgehead atoms. The van der Waals surface area contributed by atoms with Crippen molar-refractivity contribution in [2.45, 2.75) is 20.5 Å². The highest BCUT2D eigenvalue weighted by Crippen LogP contribution is 2.26. The van der Waals surface area contributed by atoms with E-state index >= 15 is 0 Å². The van der Waals surface area contributed by atoms with Crippen molar-refractivity contribution < 1.29 is 23.0 Å². The minimum Gasteiger partial charge on any atom is -0.486 e. The van der Waals surface area contributed by atoms with E-state index in [-0.39, 0.29) is 34.9 Å². The van der Waals surface area contributed by atoms with Crippen LogP contribution in [-0.2, 0) is 20.9 Å². The maximum atomic E-state index is 13.8. The Balaban J connectivity index is 2.38. The first-order chi connectivity index (χ1) is 14.3. The van der Waals surface area contributed by atoms with E-state index in [2.05, 4.69) is 9.97 Å². The lowest BCUT2D eigenvalue weighted by molar-refractivity contribution is -0.107. The molecule has 0 N–H and O–H groups in total. The van der Waals surface area contributed by atoms with Crippen LogP contribution >= 0.6 is 23.2 Å². The number of anilines is 1. The Kier molecular flexibility index (Phi) is 8.71. The molecule has 1 amide bonds. The van der Waals surface area contributed by atoms with Gasteiger partial charge in [0, 0.05) is 25.4 Å². The zero-order valence-corrected chi connectivity index (χ0v) is 18.0. The van der Waals surface area contributed by atoms with Gasteiger partial charge >= 0.3 is 0 Å². The first-order valence-electron chi connectivity index (χ1n) is 8.62. The summed E-state index contributed by atoms with van der Waals surface area (Å²) in [6.07, 6.45) is 4.48. The number of amides is 1. The molecule has 0 radical (unpaired) electrons. The standard InChI is InChI=1S/C20H19Cl2F2N3O3/c1-12-7-26-20(22)6-18(12)27(11-28)15(9-29-3)5-19(13(2)21)30-10-17-16(24)4-14(23)8-25-17/h4-8,11H,9-10H2,1-3H3/b15-5-,19-13-. The van der Waals surface area contributed by atoms with Gasteiger partial charge in [-0.1, -0.05) is 23.2 Å². The smallest absolute Gasteiger partial charge is 0.218 e. The van der Waals surface area contributed by atoms with Crippen LogP contribution in [0.25, 0.3) is 0 Å². The number of allylic oxidation sites excluding steroid dienone is 2. The summed E-state index contributed by atoms with van der Waals surface area (Å²) in [4.78, 5) is 20.8. The van der Waals surface area contributed by atoms with E-state index in [0.717, 1.165) is 6.20 Å². The number of rotatable bonds is 9. The summed E-state index contributed by atoms with van der Waals surface area (Å²) in [6.45, 7) is 3.05. The molecule has 6 nitrogen and oxygen atoms in total. The number of methoxy groups -OCH3 is 1. The predicted molar refractivity (Wildman–Crippen MR) is 110 cm³/mol. The second-order valence-electron chi connectivity index (χ2n) is 6.11. The number of hydrogen-bond donors (Lipinski definition) is 0. The van der Waals surface area contributed by atoms with Gasteiger partial charge in [0.05, 0.1) is 29.2 Å². The first kappa shape index (κ1) is 23.7. The number of hydrogen-bond acceptors (Lipinski definition) is 5. The van der Waals surface area contributed by atoms with E-state index in [0.29, 0.717) is 29.4 Å². The molecule has 0 aromatic carbocycles. The fourth-order valence-electron chi connectivity index (χ4n) is 2.44. The first-order valence-corrected chi connectivity index (χ1v) is 9.37. The van der Waals surface area contributed by atoms with E-state index in [1.807, 2.05) is 0 Å². The summed E-state index contributed by atoms with van der Waals surface area (Å²) in [6, 6.07) is 2.24. The molecule has 0 saturated heterocycles. The largest absolute Gasteiger partial charge is 0.486 e. The molecule has 160 valence electrons. The number of pyridine rings is 2. The molecule has 2 aromatic rings. The molecule has 2 aromatic heterocycles. The minimum atomic E-state index is -0.848. The minimum absolute atomic E-state index is 0.0261. The molecular weight excluding hydrogens is 439 g/mol. The molecule has 0 aliphatic rings. The van der Waals surface area contributed by atoms with E-state index in [1.54, 1.807) is 13.8 Å². The zero-order valence-electron chi connectivity index (χ0n) is 16.5. The second-order valence-corrected chi connectivity index (χ2v) is 7.06. The molecule has 0 fully saturated rings. The molecule has 30 heavy (non-hydrogen) atoms. The summed E-state index contributed by atoms with van der Waals surface area (Å²) < 4.78 is 37.6. The van der Waals surface area contributed by atoms with Crippen molar-refractivity contribution in [3.05, 3.63) is 75.1 Å². The molecule has 10 heteroatoms. The van der Waals surface area contributed by atoms with Crippen LogP contribution in [0.3, 0.4) is 0 Å². The lowest BCUT2D eigenvalue weighted by atomic mass is 10.2. The van der Waals surface area contributed by atoms with Gasteiger partial charge in [0.15, 0.2) is 5.82 Å². The van der Waals surface area contributed by atoms with Gasteiger partial charge in [-0.05, 0) is 25.5 Å². The Bertz CT molecular complexity index is 980. The number of halogens is 4. The highest BCUT2D eigenvalue weighted by atomic mass is 35.5. The van der Waals surface area contributed by atoms with Gasteiger partial charge in [-0.2, -0.15) is 0 Å². The van der Waals surface area contributed by atoms with Crippen molar-refractivity contribution in [3.8, 4) is 0 Å². The van der Waals surface area contributed by atoms with E-state index < -0.39 is 11.6 Å². The van der Waals surface area contributed by atoms with Gasteiger partial charge in [-0.3, -0.25) is 14.7 Å². The summed E-state index contributed by atoms with van der Waals surface area (Å²) in [5, 5.41) is 0.444. The van der Waals surface area contributed by atoms with Gasteiger partial charge in [-0.25, -0.2) is 13.8 Å². The predicted octanol–water partition coefficient (Wildman–Crippen LogP) is 4.90. The zero-order chi connectivity index (χ0) is 22.3. The molecule has 2 heterocycles. The van der Waals surface area contributed by atoms with Gasteiger partial charge in [0.2, 0.25) is 6.41 Å². The van der Waals surface area contributed by atoms with Crippen molar-refractivity contribution in [3.63, 3.8) is 0 Å². The summed E-state index contributed by atoms with van der Waals surface area (Å²) in [7, 11) is 1.46. The highest BCUT2D eigenvalue weighted by molar-refractivity contribution is 6.30. The number of aromatic nitrogens is 2. The normalized spacial score (nSPS) is 12.4. The molecule has 2 rings (SSSR count). The van der Waals surface area contributed by atoms with E-state index in [1.165, 1.54) is 30.3 Å². The maximum Gasteiger partial charge on any atom is 0.218 e. The van der Waals surface area contributed by atoms with E-state index in [9.17, 15) is 13.6 Å². The van der Waals surface area contributed by atoms with Crippen LogP contribution in [-0.4, -0.2) is 30.1 Å². The Morgan fingerprint density at radius 3 is 2.60 bits per heavy atom. The molecule has 0 spiro atoms. The molecule has 0 unspecified atom stereocenters. The third kappa shape index (κ3) is 6.22. The van der Waals surface area contributed by atoms with Gasteiger partial charge < -0.3 is 9.47 Å². The Hall–Kier alpha value is -2.55. The van der Waals surface area contributed by atoms with Crippen molar-refractivity contribution in [2.75, 3.05) is 18.6 Å². The van der Waals surface area contributed by atoms with Crippen molar-refractivity contribution >= 4 is 35.3 Å². The Morgan fingerprint density at radius 2 is 2.00 bits per heavy atom. The van der Waals surface area contributed by atoms with Crippen LogP contribution in [0, 0.1) is 18.6 Å². The SMILES string of the molecule is COC/C(=C/C(OCc1ncc(F)cc1F)=C(\C)Cl)N(C=O)c1cc(Cl)ncc1C. The number of ether oxygens (including phenoxy) is 2. The summed E-state index contributed by atoms with van der Waals surface area (Å²) in [5.41, 5.74) is 1.46. The molecule has 0 aliphatic heterocycles. The second kappa shape index (κ2) is 11.0. The quantitative estimate of drug-likeness (QED) is 0.232. The maximum absolute atomic E-state index is 13.8. The molecular formula is C20H19Cl2F2N3O3. The number of carbonyl (C=O) groups is 1. The van der Waals surface area contributed by atoms with Crippen LogP contribution in [0.2, 0.25) is 5.15 Å². The van der Waals surface area contributed by atoms with Crippen molar-refractivity contribution in [2.24, 2.45) is 0 Å². The number of aryl methyl sites for hydroxylation is 1. The Labute approximate surface area is 182 Å². The fourth-order valence-corrected chi connectivity index (χ4v) is 2.70. The van der Waals surface area contributed by atoms with Crippen LogP contribution in [0.4, 0.5) is 14.5 Å².